The fourth-order valence-corrected chi connectivity index (χ4v) is 3.95. The lowest BCUT2D eigenvalue weighted by Gasteiger charge is -2.41. The molecule has 3 heterocycles. The molecule has 29 heavy (non-hydrogen) atoms. The van der Waals surface area contributed by atoms with E-state index in [9.17, 15) is 9.59 Å². The number of rotatable bonds is 4. The zero-order chi connectivity index (χ0) is 20.5. The van der Waals surface area contributed by atoms with Crippen LogP contribution in [0.3, 0.4) is 0 Å². The minimum atomic E-state index is -0.321. The molecule has 1 N–H and O–H groups in total. The van der Waals surface area contributed by atoms with Crippen molar-refractivity contribution in [2.24, 2.45) is 0 Å². The molecule has 1 atom stereocenters. The number of hydrogen-bond donors (Lipinski definition) is 1. The number of amides is 1. The third-order valence-corrected chi connectivity index (χ3v) is 5.73. The molecule has 0 aliphatic carbocycles. The van der Waals surface area contributed by atoms with Crippen molar-refractivity contribution in [3.8, 4) is 5.75 Å². The minimum absolute atomic E-state index is 0.112. The Hall–Kier alpha value is -2.64. The number of nitrogens with one attached hydrogen (secondary N) is 1. The van der Waals surface area contributed by atoms with E-state index in [0.29, 0.717) is 23.7 Å². The second-order valence-electron chi connectivity index (χ2n) is 7.58. The van der Waals surface area contributed by atoms with Crippen LogP contribution in [0, 0.1) is 6.92 Å². The molecule has 0 unspecified atom stereocenters. The zero-order valence-corrected chi connectivity index (χ0v) is 17.2. The van der Waals surface area contributed by atoms with E-state index >= 15 is 0 Å². The van der Waals surface area contributed by atoms with Crippen LogP contribution in [0.2, 0.25) is 5.02 Å². The first-order valence-electron chi connectivity index (χ1n) is 9.63. The smallest absolute Gasteiger partial charge is 0.317 e. The maximum absolute atomic E-state index is 12.5. The molecule has 7 nitrogen and oxygen atoms in total. The Kier molecular flexibility index (Phi) is 5.43. The zero-order valence-electron chi connectivity index (χ0n) is 16.4. The Bertz CT molecular complexity index is 965. The number of anilines is 2. The molecule has 0 bridgehead atoms. The largest absolute Gasteiger partial charge is 0.424 e. The molecule has 4 rings (SSSR count). The molecule has 1 aromatic heterocycles. The Morgan fingerprint density at radius 3 is 2.93 bits per heavy atom. The van der Waals surface area contributed by atoms with Gasteiger partial charge in [0, 0.05) is 42.5 Å². The fraction of sp³-hybridized carbons (Fsp3) is 0.381. The Morgan fingerprint density at radius 2 is 2.17 bits per heavy atom. The van der Waals surface area contributed by atoms with Crippen molar-refractivity contribution in [2.45, 2.75) is 26.3 Å². The Morgan fingerprint density at radius 1 is 1.34 bits per heavy atom. The maximum atomic E-state index is 12.5. The molecule has 2 aliphatic heterocycles. The van der Waals surface area contributed by atoms with Crippen molar-refractivity contribution in [2.75, 3.05) is 36.4 Å². The SMILES string of the molecule is Cc1cc(N2CCN(CC(=O)Nc3cnc4c(c3)OC(=O)C4)C[C@H]2C)ccc1Cl. The van der Waals surface area contributed by atoms with E-state index in [4.69, 9.17) is 16.3 Å². The van der Waals surface area contributed by atoms with Crippen LogP contribution >= 0.6 is 11.6 Å². The molecule has 152 valence electrons. The van der Waals surface area contributed by atoms with Crippen molar-refractivity contribution >= 4 is 34.9 Å². The highest BCUT2D eigenvalue weighted by atomic mass is 35.5. The summed E-state index contributed by atoms with van der Waals surface area (Å²) in [6.07, 6.45) is 1.74. The standard InChI is InChI=1S/C21H23ClN4O3/c1-13-7-16(3-4-17(13)22)26-6-5-25(11-14(26)2)12-20(27)24-15-8-19-18(23-10-15)9-21(28)29-19/h3-4,7-8,10,14H,5-6,9,11-12H2,1-2H3,(H,24,27)/t14-/m1/s1. The van der Waals surface area contributed by atoms with Crippen molar-refractivity contribution in [3.63, 3.8) is 0 Å². The Labute approximate surface area is 174 Å². The predicted octanol–water partition coefficient (Wildman–Crippen LogP) is 2.65. The third-order valence-electron chi connectivity index (χ3n) is 5.30. The van der Waals surface area contributed by atoms with Gasteiger partial charge in [-0.25, -0.2) is 0 Å². The number of carbonyl (C=O) groups is 2. The van der Waals surface area contributed by atoms with Gasteiger partial charge in [0.05, 0.1) is 30.5 Å². The van der Waals surface area contributed by atoms with Gasteiger partial charge in [0.2, 0.25) is 5.91 Å². The van der Waals surface area contributed by atoms with Gasteiger partial charge < -0.3 is 15.0 Å². The molecule has 1 fully saturated rings. The Balaban J connectivity index is 1.33. The third kappa shape index (κ3) is 4.36. The first-order valence-corrected chi connectivity index (χ1v) is 10.0. The van der Waals surface area contributed by atoms with Gasteiger partial charge in [-0.3, -0.25) is 19.5 Å². The van der Waals surface area contributed by atoms with E-state index in [1.54, 1.807) is 12.3 Å². The van der Waals surface area contributed by atoms with Crippen LogP contribution in [0.4, 0.5) is 11.4 Å². The van der Waals surface area contributed by atoms with E-state index in [1.165, 1.54) is 0 Å². The maximum Gasteiger partial charge on any atom is 0.317 e. The number of nitrogens with zero attached hydrogens (tertiary/aromatic N) is 3. The summed E-state index contributed by atoms with van der Waals surface area (Å²) in [5.74, 6) is -0.00827. The van der Waals surface area contributed by atoms with Crippen LogP contribution in [0.5, 0.6) is 5.75 Å². The molecule has 2 aliphatic rings. The molecule has 1 saturated heterocycles. The summed E-state index contributed by atoms with van der Waals surface area (Å²) in [7, 11) is 0. The summed E-state index contributed by atoms with van der Waals surface area (Å²) in [4.78, 5) is 32.5. The number of hydrogen-bond acceptors (Lipinski definition) is 6. The number of aryl methyl sites for hydroxylation is 1. The highest BCUT2D eigenvalue weighted by molar-refractivity contribution is 6.31. The van der Waals surface area contributed by atoms with Crippen LogP contribution in [0.15, 0.2) is 30.5 Å². The van der Waals surface area contributed by atoms with Crippen LogP contribution in [0.1, 0.15) is 18.2 Å². The van der Waals surface area contributed by atoms with Gasteiger partial charge in [-0.05, 0) is 37.6 Å². The monoisotopic (exact) mass is 414 g/mol. The second kappa shape index (κ2) is 8.00. The summed E-state index contributed by atoms with van der Waals surface area (Å²) >= 11 is 6.14. The van der Waals surface area contributed by atoms with E-state index < -0.39 is 0 Å². The molecule has 2 aromatic rings. The van der Waals surface area contributed by atoms with Crippen molar-refractivity contribution in [1.82, 2.24) is 9.88 Å². The van der Waals surface area contributed by atoms with Crippen LogP contribution < -0.4 is 15.0 Å². The van der Waals surface area contributed by atoms with Gasteiger partial charge in [0.25, 0.3) is 0 Å². The van der Waals surface area contributed by atoms with Gasteiger partial charge in [-0.15, -0.1) is 0 Å². The normalized spacial score (nSPS) is 19.1. The van der Waals surface area contributed by atoms with E-state index in [1.807, 2.05) is 19.1 Å². The highest BCUT2D eigenvalue weighted by Gasteiger charge is 2.26. The number of benzene rings is 1. The van der Waals surface area contributed by atoms with E-state index in [0.717, 1.165) is 35.9 Å². The van der Waals surface area contributed by atoms with Gasteiger partial charge in [0.1, 0.15) is 0 Å². The lowest BCUT2D eigenvalue weighted by atomic mass is 10.1. The lowest BCUT2D eigenvalue weighted by molar-refractivity contribution is -0.131. The van der Waals surface area contributed by atoms with Crippen LogP contribution in [-0.4, -0.2) is 54.0 Å². The quantitative estimate of drug-likeness (QED) is 0.775. The van der Waals surface area contributed by atoms with E-state index in [-0.39, 0.29) is 24.3 Å². The van der Waals surface area contributed by atoms with Crippen LogP contribution in [0.25, 0.3) is 0 Å². The van der Waals surface area contributed by atoms with Crippen molar-refractivity contribution in [3.05, 3.63) is 46.7 Å². The number of pyridine rings is 1. The van der Waals surface area contributed by atoms with Gasteiger partial charge in [0.15, 0.2) is 5.75 Å². The fourth-order valence-electron chi connectivity index (χ4n) is 3.83. The molecular weight excluding hydrogens is 392 g/mol. The highest BCUT2D eigenvalue weighted by Crippen LogP contribution is 2.27. The average Bonchev–Trinajstić information content (AvgIpc) is 3.03. The number of ether oxygens (including phenoxy) is 1. The number of piperazine rings is 1. The molecule has 0 radical (unpaired) electrons. The van der Waals surface area contributed by atoms with Gasteiger partial charge >= 0.3 is 5.97 Å². The van der Waals surface area contributed by atoms with Crippen molar-refractivity contribution < 1.29 is 14.3 Å². The number of aromatic nitrogens is 1. The first-order chi connectivity index (χ1) is 13.9. The summed E-state index contributed by atoms with van der Waals surface area (Å²) in [6.45, 7) is 6.88. The van der Waals surface area contributed by atoms with Crippen molar-refractivity contribution in [1.29, 1.82) is 0 Å². The molecular formula is C21H23ClN4O3. The average molecular weight is 415 g/mol. The molecule has 0 spiro atoms. The van der Waals surface area contributed by atoms with Gasteiger partial charge in [-0.1, -0.05) is 11.6 Å². The molecule has 1 aromatic carbocycles. The summed E-state index contributed by atoms with van der Waals surface area (Å²) < 4.78 is 5.09. The lowest BCUT2D eigenvalue weighted by Crippen LogP contribution is -2.53. The summed E-state index contributed by atoms with van der Waals surface area (Å²) in [5, 5.41) is 3.61. The number of fused-ring (bicyclic) bond motifs is 1. The molecule has 0 saturated carbocycles. The molecule has 1 amide bonds. The number of carbonyl (C=O) groups excluding carboxylic acids is 2. The minimum Gasteiger partial charge on any atom is -0.424 e. The van der Waals surface area contributed by atoms with E-state index in [2.05, 4.69) is 33.1 Å². The number of esters is 1. The number of halogens is 1. The summed E-state index contributed by atoms with van der Waals surface area (Å²) in [5.41, 5.74) is 3.36. The van der Waals surface area contributed by atoms with Gasteiger partial charge in [-0.2, -0.15) is 0 Å². The predicted molar refractivity (Wildman–Crippen MR) is 112 cm³/mol. The summed E-state index contributed by atoms with van der Waals surface area (Å²) in [6, 6.07) is 8.00. The second-order valence-corrected chi connectivity index (χ2v) is 7.99. The molecule has 8 heteroatoms. The first kappa shape index (κ1) is 19.7. The topological polar surface area (TPSA) is 74.8 Å². The van der Waals surface area contributed by atoms with Crippen LogP contribution in [-0.2, 0) is 16.0 Å².